The Morgan fingerprint density at radius 2 is 2.00 bits per heavy atom. The molecule has 0 aliphatic rings. The van der Waals surface area contributed by atoms with Gasteiger partial charge in [-0.05, 0) is 40.2 Å². The van der Waals surface area contributed by atoms with Crippen LogP contribution in [0, 0.1) is 0 Å². The van der Waals surface area contributed by atoms with E-state index >= 15 is 0 Å². The molecule has 0 aliphatic heterocycles. The van der Waals surface area contributed by atoms with E-state index in [1.165, 1.54) is 0 Å². The van der Waals surface area contributed by atoms with Gasteiger partial charge in [-0.1, -0.05) is 18.2 Å². The van der Waals surface area contributed by atoms with Crippen LogP contribution in [0.25, 0.3) is 0 Å². The number of halogens is 1. The summed E-state index contributed by atoms with van der Waals surface area (Å²) in [5, 5.41) is 0. The number of hydrogen-bond donors (Lipinski definition) is 1. The van der Waals surface area contributed by atoms with Gasteiger partial charge in [-0.2, -0.15) is 0 Å². The second-order valence-corrected chi connectivity index (χ2v) is 4.96. The number of para-hydroxylation sites is 1. The molecule has 20 heavy (non-hydrogen) atoms. The maximum absolute atomic E-state index is 12.1. The van der Waals surface area contributed by atoms with Gasteiger partial charge < -0.3 is 15.2 Å². The van der Waals surface area contributed by atoms with E-state index in [4.69, 9.17) is 15.2 Å². The Morgan fingerprint density at radius 1 is 1.25 bits per heavy atom. The number of rotatable bonds is 5. The minimum atomic E-state index is -0.140. The summed E-state index contributed by atoms with van der Waals surface area (Å²) in [7, 11) is 1.56. The van der Waals surface area contributed by atoms with Crippen LogP contribution in [0.3, 0.4) is 0 Å². The van der Waals surface area contributed by atoms with Gasteiger partial charge in [-0.15, -0.1) is 0 Å². The third-order valence-corrected chi connectivity index (χ3v) is 3.36. The zero-order chi connectivity index (χ0) is 14.5. The molecule has 2 aromatic rings. The van der Waals surface area contributed by atoms with Gasteiger partial charge in [0.05, 0.1) is 17.3 Å². The normalized spacial score (nSPS) is 10.1. The minimum absolute atomic E-state index is 0.0834. The summed E-state index contributed by atoms with van der Waals surface area (Å²) in [6, 6.07) is 12.3. The number of hydrogen-bond acceptors (Lipinski definition) is 4. The lowest BCUT2D eigenvalue weighted by Crippen LogP contribution is -2.12. The van der Waals surface area contributed by atoms with Gasteiger partial charge in [0, 0.05) is 5.56 Å². The van der Waals surface area contributed by atoms with Crippen molar-refractivity contribution in [1.82, 2.24) is 0 Å². The number of ketones is 1. The topological polar surface area (TPSA) is 61.5 Å². The standard InChI is InChI=1S/C15H14BrNO3/c1-19-11-5-2-4-10(8-11)14(18)9-20-15-12(16)6-3-7-13(15)17/h2-8H,9,17H2,1H3. The van der Waals surface area contributed by atoms with Crippen molar-refractivity contribution in [2.45, 2.75) is 0 Å². The number of methoxy groups -OCH3 is 1. The van der Waals surface area contributed by atoms with Crippen LogP contribution in [0.2, 0.25) is 0 Å². The average molecular weight is 336 g/mol. The lowest BCUT2D eigenvalue weighted by atomic mass is 10.1. The fraction of sp³-hybridized carbons (Fsp3) is 0.133. The van der Waals surface area contributed by atoms with Crippen molar-refractivity contribution in [1.29, 1.82) is 0 Å². The van der Waals surface area contributed by atoms with Gasteiger partial charge in [-0.25, -0.2) is 0 Å². The molecule has 0 radical (unpaired) electrons. The van der Waals surface area contributed by atoms with E-state index in [2.05, 4.69) is 15.9 Å². The molecule has 2 rings (SSSR count). The van der Waals surface area contributed by atoms with E-state index < -0.39 is 0 Å². The number of anilines is 1. The molecule has 2 N–H and O–H groups in total. The fourth-order valence-corrected chi connectivity index (χ4v) is 2.19. The number of Topliss-reactive ketones (excluding diaryl/α,β-unsaturated/α-hetero) is 1. The Bertz CT molecular complexity index is 608. The van der Waals surface area contributed by atoms with Gasteiger partial charge in [0.2, 0.25) is 0 Å². The highest BCUT2D eigenvalue weighted by atomic mass is 79.9. The molecule has 0 saturated carbocycles. The number of nitrogens with two attached hydrogens (primary N) is 1. The number of nitrogen functional groups attached to an aromatic ring is 1. The largest absolute Gasteiger partial charge is 0.497 e. The fourth-order valence-electron chi connectivity index (χ4n) is 1.70. The Kier molecular flexibility index (Phi) is 4.63. The Hall–Kier alpha value is -2.01. The highest BCUT2D eigenvalue weighted by molar-refractivity contribution is 9.10. The van der Waals surface area contributed by atoms with Crippen molar-refractivity contribution in [2.75, 3.05) is 19.5 Å². The predicted molar refractivity (Wildman–Crippen MR) is 81.4 cm³/mol. The van der Waals surface area contributed by atoms with E-state index in [1.54, 1.807) is 43.5 Å². The highest BCUT2D eigenvalue weighted by Gasteiger charge is 2.11. The van der Waals surface area contributed by atoms with Crippen LogP contribution in [-0.2, 0) is 0 Å². The van der Waals surface area contributed by atoms with Crippen LogP contribution in [0.4, 0.5) is 5.69 Å². The molecule has 0 bridgehead atoms. The van der Waals surface area contributed by atoms with Crippen molar-refractivity contribution < 1.29 is 14.3 Å². The summed E-state index contributed by atoms with van der Waals surface area (Å²) >= 11 is 3.34. The van der Waals surface area contributed by atoms with Crippen molar-refractivity contribution in [3.63, 3.8) is 0 Å². The summed E-state index contributed by atoms with van der Waals surface area (Å²) in [4.78, 5) is 12.1. The summed E-state index contributed by atoms with van der Waals surface area (Å²) in [5.74, 6) is 0.971. The second kappa shape index (κ2) is 6.43. The molecular formula is C15H14BrNO3. The van der Waals surface area contributed by atoms with Crippen LogP contribution in [0.15, 0.2) is 46.9 Å². The summed E-state index contributed by atoms with van der Waals surface area (Å²) < 4.78 is 11.3. The molecule has 0 saturated heterocycles. The summed E-state index contributed by atoms with van der Waals surface area (Å²) in [5.41, 5.74) is 6.83. The lowest BCUT2D eigenvalue weighted by Gasteiger charge is -2.10. The first-order valence-corrected chi connectivity index (χ1v) is 6.75. The van der Waals surface area contributed by atoms with Gasteiger partial charge in [-0.3, -0.25) is 4.79 Å². The van der Waals surface area contributed by atoms with Crippen LogP contribution in [0.1, 0.15) is 10.4 Å². The quantitative estimate of drug-likeness (QED) is 0.672. The molecule has 5 heteroatoms. The summed E-state index contributed by atoms with van der Waals surface area (Å²) in [6.07, 6.45) is 0. The maximum atomic E-state index is 12.1. The van der Waals surface area contributed by atoms with E-state index in [0.717, 1.165) is 4.47 Å². The summed E-state index contributed by atoms with van der Waals surface area (Å²) in [6.45, 7) is -0.0834. The van der Waals surface area contributed by atoms with Gasteiger partial charge >= 0.3 is 0 Å². The Balaban J connectivity index is 2.09. The molecule has 0 heterocycles. The second-order valence-electron chi connectivity index (χ2n) is 4.10. The Morgan fingerprint density at radius 3 is 2.70 bits per heavy atom. The van der Waals surface area contributed by atoms with Crippen LogP contribution < -0.4 is 15.2 Å². The number of benzene rings is 2. The van der Waals surface area contributed by atoms with Crippen molar-refractivity contribution in [2.24, 2.45) is 0 Å². The van der Waals surface area contributed by atoms with E-state index in [-0.39, 0.29) is 12.4 Å². The van der Waals surface area contributed by atoms with Crippen LogP contribution in [-0.4, -0.2) is 19.5 Å². The average Bonchev–Trinajstić information content (AvgIpc) is 2.46. The minimum Gasteiger partial charge on any atom is -0.497 e. The molecule has 104 valence electrons. The SMILES string of the molecule is COc1cccc(C(=O)COc2c(N)cccc2Br)c1. The number of carbonyl (C=O) groups is 1. The van der Waals surface area contributed by atoms with E-state index in [0.29, 0.717) is 22.7 Å². The molecule has 0 spiro atoms. The molecule has 4 nitrogen and oxygen atoms in total. The predicted octanol–water partition coefficient (Wildman–Crippen LogP) is 3.30. The van der Waals surface area contributed by atoms with Gasteiger partial charge in [0.25, 0.3) is 0 Å². The smallest absolute Gasteiger partial charge is 0.200 e. The first-order chi connectivity index (χ1) is 9.61. The van der Waals surface area contributed by atoms with E-state index in [9.17, 15) is 4.79 Å². The third kappa shape index (κ3) is 3.30. The molecule has 0 aromatic heterocycles. The van der Waals surface area contributed by atoms with Crippen molar-refractivity contribution in [3.05, 3.63) is 52.5 Å². The molecule has 0 amide bonds. The highest BCUT2D eigenvalue weighted by Crippen LogP contribution is 2.30. The first kappa shape index (κ1) is 14.4. The molecular weight excluding hydrogens is 322 g/mol. The van der Waals surface area contributed by atoms with Crippen molar-refractivity contribution in [3.8, 4) is 11.5 Å². The van der Waals surface area contributed by atoms with Crippen LogP contribution >= 0.6 is 15.9 Å². The Labute approximate surface area is 125 Å². The van der Waals surface area contributed by atoms with Crippen molar-refractivity contribution >= 4 is 27.4 Å². The molecule has 0 fully saturated rings. The molecule has 2 aromatic carbocycles. The zero-order valence-corrected chi connectivity index (χ0v) is 12.5. The monoisotopic (exact) mass is 335 g/mol. The lowest BCUT2D eigenvalue weighted by molar-refractivity contribution is 0.0921. The third-order valence-electron chi connectivity index (χ3n) is 2.74. The molecule has 0 aliphatic carbocycles. The number of ether oxygens (including phenoxy) is 2. The van der Waals surface area contributed by atoms with E-state index in [1.807, 2.05) is 6.07 Å². The molecule has 0 atom stereocenters. The maximum Gasteiger partial charge on any atom is 0.200 e. The van der Waals surface area contributed by atoms with Gasteiger partial charge in [0.15, 0.2) is 18.1 Å². The van der Waals surface area contributed by atoms with Crippen LogP contribution in [0.5, 0.6) is 11.5 Å². The first-order valence-electron chi connectivity index (χ1n) is 5.96. The zero-order valence-electron chi connectivity index (χ0n) is 10.9. The molecule has 0 unspecified atom stereocenters. The van der Waals surface area contributed by atoms with Gasteiger partial charge in [0.1, 0.15) is 5.75 Å². The number of carbonyl (C=O) groups excluding carboxylic acids is 1.